The number of likely N-dealkylation sites (tertiary alicyclic amines) is 1. The summed E-state index contributed by atoms with van der Waals surface area (Å²) in [7, 11) is 1.89. The molecular weight excluding hydrogens is 461 g/mol. The third-order valence-corrected chi connectivity index (χ3v) is 5.43. The van der Waals surface area contributed by atoms with E-state index in [0.717, 1.165) is 50.2 Å². The van der Waals surface area contributed by atoms with Gasteiger partial charge in [-0.25, -0.2) is 0 Å². The first kappa shape index (κ1) is 22.7. The second-order valence-corrected chi connectivity index (χ2v) is 7.60. The lowest BCUT2D eigenvalue weighted by atomic mass is 9.90. The number of guanidine groups is 1. The van der Waals surface area contributed by atoms with E-state index in [0.29, 0.717) is 0 Å². The summed E-state index contributed by atoms with van der Waals surface area (Å²) in [6.45, 7) is 8.22. The lowest BCUT2D eigenvalue weighted by Gasteiger charge is -2.34. The molecule has 0 saturated carbocycles. The van der Waals surface area contributed by atoms with Gasteiger partial charge in [-0.2, -0.15) is 5.10 Å². The fourth-order valence-electron chi connectivity index (χ4n) is 3.96. The average Bonchev–Trinajstić information content (AvgIpc) is 3.01. The van der Waals surface area contributed by atoms with Crippen molar-refractivity contribution in [3.63, 3.8) is 0 Å². The summed E-state index contributed by atoms with van der Waals surface area (Å²) in [4.78, 5) is 6.90. The molecule has 1 fully saturated rings. The van der Waals surface area contributed by atoms with Crippen LogP contribution in [0.25, 0.3) is 0 Å². The Balaban J connectivity index is 0.00000280. The predicted octanol–water partition coefficient (Wildman–Crippen LogP) is 4.04. The number of benzene rings is 1. The topological polar surface area (TPSA) is 45.5 Å². The van der Waals surface area contributed by atoms with Crippen molar-refractivity contribution in [2.45, 2.75) is 46.1 Å². The molecule has 0 aliphatic carbocycles. The van der Waals surface area contributed by atoms with Crippen molar-refractivity contribution >= 4 is 29.9 Å². The zero-order chi connectivity index (χ0) is 19.1. The van der Waals surface area contributed by atoms with E-state index >= 15 is 0 Å². The Kier molecular flexibility index (Phi) is 9.28. The van der Waals surface area contributed by atoms with Crippen molar-refractivity contribution in [3.8, 4) is 0 Å². The standard InChI is InChI=1S/C22H33N5.HI/c1-18-16-19(2)27(25-18)13-7-12-24-22(23-3)26-14-10-21(11-15-26)17-20-8-5-4-6-9-20;/h4-6,8-9,16,21H,7,10-15,17H2,1-3H3,(H,23,24);1H. The van der Waals surface area contributed by atoms with E-state index in [4.69, 9.17) is 0 Å². The number of hydrogen-bond acceptors (Lipinski definition) is 2. The zero-order valence-electron chi connectivity index (χ0n) is 17.4. The minimum atomic E-state index is 0. The number of piperidine rings is 1. The summed E-state index contributed by atoms with van der Waals surface area (Å²) in [6, 6.07) is 13.0. The van der Waals surface area contributed by atoms with Crippen LogP contribution in [0, 0.1) is 19.8 Å². The van der Waals surface area contributed by atoms with E-state index in [2.05, 4.69) is 68.3 Å². The van der Waals surface area contributed by atoms with Crippen molar-refractivity contribution in [2.24, 2.45) is 10.9 Å². The highest BCUT2D eigenvalue weighted by molar-refractivity contribution is 14.0. The minimum absolute atomic E-state index is 0. The first-order valence-corrected chi connectivity index (χ1v) is 10.2. The van der Waals surface area contributed by atoms with Gasteiger partial charge in [-0.05, 0) is 57.1 Å². The number of nitrogens with zero attached hydrogens (tertiary/aromatic N) is 4. The number of nitrogens with one attached hydrogen (secondary N) is 1. The first-order valence-electron chi connectivity index (χ1n) is 10.2. The molecule has 0 atom stereocenters. The second-order valence-electron chi connectivity index (χ2n) is 7.60. The molecule has 5 nitrogen and oxygen atoms in total. The molecule has 6 heteroatoms. The third-order valence-electron chi connectivity index (χ3n) is 5.43. The molecule has 2 aromatic rings. The van der Waals surface area contributed by atoms with E-state index in [1.165, 1.54) is 30.5 Å². The van der Waals surface area contributed by atoms with Crippen LogP contribution in [0.4, 0.5) is 0 Å². The summed E-state index contributed by atoms with van der Waals surface area (Å²) >= 11 is 0. The van der Waals surface area contributed by atoms with Crippen molar-refractivity contribution < 1.29 is 0 Å². The molecule has 154 valence electrons. The molecule has 0 radical (unpaired) electrons. The number of halogens is 1. The molecular formula is C22H34IN5. The molecule has 28 heavy (non-hydrogen) atoms. The van der Waals surface area contributed by atoms with Gasteiger partial charge in [-0.1, -0.05) is 30.3 Å². The van der Waals surface area contributed by atoms with Crippen LogP contribution in [0.5, 0.6) is 0 Å². The van der Waals surface area contributed by atoms with Crippen molar-refractivity contribution in [1.29, 1.82) is 0 Å². The van der Waals surface area contributed by atoms with Gasteiger partial charge in [0, 0.05) is 38.9 Å². The number of aryl methyl sites for hydroxylation is 3. The largest absolute Gasteiger partial charge is 0.356 e. The van der Waals surface area contributed by atoms with E-state index < -0.39 is 0 Å². The Morgan fingerprint density at radius 2 is 1.89 bits per heavy atom. The number of rotatable bonds is 6. The molecule has 1 aliphatic rings. The highest BCUT2D eigenvalue weighted by atomic mass is 127. The Morgan fingerprint density at radius 3 is 2.50 bits per heavy atom. The van der Waals surface area contributed by atoms with Crippen LogP contribution in [-0.4, -0.2) is 47.3 Å². The van der Waals surface area contributed by atoms with Gasteiger partial charge in [0.2, 0.25) is 0 Å². The molecule has 0 spiro atoms. The smallest absolute Gasteiger partial charge is 0.193 e. The Morgan fingerprint density at radius 1 is 1.18 bits per heavy atom. The van der Waals surface area contributed by atoms with Crippen LogP contribution in [0.3, 0.4) is 0 Å². The van der Waals surface area contributed by atoms with Crippen LogP contribution in [-0.2, 0) is 13.0 Å². The molecule has 1 aromatic heterocycles. The Labute approximate surface area is 186 Å². The molecule has 1 saturated heterocycles. The van der Waals surface area contributed by atoms with Gasteiger partial charge in [0.1, 0.15) is 0 Å². The van der Waals surface area contributed by atoms with E-state index in [9.17, 15) is 0 Å². The van der Waals surface area contributed by atoms with Crippen LogP contribution in [0.1, 0.15) is 36.2 Å². The van der Waals surface area contributed by atoms with Crippen molar-refractivity contribution in [3.05, 3.63) is 53.3 Å². The molecule has 0 bridgehead atoms. The first-order chi connectivity index (χ1) is 13.2. The van der Waals surface area contributed by atoms with Gasteiger partial charge in [0.05, 0.1) is 5.69 Å². The molecule has 0 unspecified atom stereocenters. The maximum atomic E-state index is 4.53. The number of aromatic nitrogens is 2. The SMILES string of the molecule is CN=C(NCCCn1nc(C)cc1C)N1CCC(Cc2ccccc2)CC1.I. The van der Waals surface area contributed by atoms with Crippen molar-refractivity contribution in [2.75, 3.05) is 26.7 Å². The predicted molar refractivity (Wildman–Crippen MR) is 128 cm³/mol. The van der Waals surface area contributed by atoms with E-state index in [1.54, 1.807) is 0 Å². The fraction of sp³-hybridized carbons (Fsp3) is 0.545. The summed E-state index contributed by atoms with van der Waals surface area (Å²) in [5.74, 6) is 1.83. The summed E-state index contributed by atoms with van der Waals surface area (Å²) < 4.78 is 2.09. The Hall–Kier alpha value is -1.57. The zero-order valence-corrected chi connectivity index (χ0v) is 19.7. The van der Waals surface area contributed by atoms with Gasteiger partial charge in [0.15, 0.2) is 5.96 Å². The maximum absolute atomic E-state index is 4.53. The average molecular weight is 495 g/mol. The molecule has 0 amide bonds. The van der Waals surface area contributed by atoms with Gasteiger partial charge in [0.25, 0.3) is 0 Å². The third kappa shape index (κ3) is 6.50. The molecule has 1 N–H and O–H groups in total. The second kappa shape index (κ2) is 11.4. The minimum Gasteiger partial charge on any atom is -0.356 e. The monoisotopic (exact) mass is 495 g/mol. The van der Waals surface area contributed by atoms with Gasteiger partial charge in [-0.15, -0.1) is 24.0 Å². The molecule has 3 rings (SSSR count). The van der Waals surface area contributed by atoms with Gasteiger partial charge < -0.3 is 10.2 Å². The van der Waals surface area contributed by atoms with Crippen molar-refractivity contribution in [1.82, 2.24) is 20.0 Å². The number of hydrogen-bond donors (Lipinski definition) is 1. The van der Waals surface area contributed by atoms with E-state index in [-0.39, 0.29) is 24.0 Å². The summed E-state index contributed by atoms with van der Waals surface area (Å²) in [6.07, 6.45) is 4.72. The van der Waals surface area contributed by atoms with Crippen LogP contribution in [0.2, 0.25) is 0 Å². The van der Waals surface area contributed by atoms with Gasteiger partial charge >= 0.3 is 0 Å². The summed E-state index contributed by atoms with van der Waals surface area (Å²) in [5.41, 5.74) is 3.79. The van der Waals surface area contributed by atoms with Crippen LogP contribution in [0.15, 0.2) is 41.4 Å². The highest BCUT2D eigenvalue weighted by Crippen LogP contribution is 2.21. The normalized spacial score (nSPS) is 15.4. The molecule has 2 heterocycles. The summed E-state index contributed by atoms with van der Waals surface area (Å²) in [5, 5.41) is 8.06. The Bertz CT molecular complexity index is 733. The number of aliphatic imine (C=N–C) groups is 1. The molecule has 1 aromatic carbocycles. The maximum Gasteiger partial charge on any atom is 0.193 e. The quantitative estimate of drug-likeness (QED) is 0.285. The van der Waals surface area contributed by atoms with Gasteiger partial charge in [-0.3, -0.25) is 9.67 Å². The van der Waals surface area contributed by atoms with E-state index in [1.807, 2.05) is 14.0 Å². The lowest BCUT2D eigenvalue weighted by Crippen LogP contribution is -2.46. The highest BCUT2D eigenvalue weighted by Gasteiger charge is 2.21. The fourth-order valence-corrected chi connectivity index (χ4v) is 3.96. The van der Waals surface area contributed by atoms with Crippen LogP contribution < -0.4 is 5.32 Å². The molecule has 1 aliphatic heterocycles. The van der Waals surface area contributed by atoms with Crippen LogP contribution >= 0.6 is 24.0 Å². The lowest BCUT2D eigenvalue weighted by molar-refractivity contribution is 0.259.